The largest absolute Gasteiger partial charge is 0.392 e. The molecule has 8 nitrogen and oxygen atoms in total. The van der Waals surface area contributed by atoms with Gasteiger partial charge in [-0.05, 0) is 40.8 Å². The van der Waals surface area contributed by atoms with E-state index in [2.05, 4.69) is 21.7 Å². The Morgan fingerprint density at radius 3 is 2.41 bits per heavy atom. The number of hydrogen-bond acceptors (Lipinski definition) is 5. The summed E-state index contributed by atoms with van der Waals surface area (Å²) in [5.41, 5.74) is 5.83. The first-order valence-corrected chi connectivity index (χ1v) is 14.3. The molecule has 3 N–H and O–H groups in total. The van der Waals surface area contributed by atoms with Crippen LogP contribution in [0.5, 0.6) is 0 Å². The van der Waals surface area contributed by atoms with Crippen molar-refractivity contribution in [1.82, 2.24) is 20.2 Å². The van der Waals surface area contributed by atoms with Crippen LogP contribution in [0.3, 0.4) is 0 Å². The molecular formula is C31H32Cl2N4O4. The molecule has 2 amide bonds. The highest BCUT2D eigenvalue weighted by Gasteiger charge is 2.33. The fourth-order valence-electron chi connectivity index (χ4n) is 4.82. The third kappa shape index (κ3) is 7.28. The van der Waals surface area contributed by atoms with Crippen LogP contribution < -0.4 is 10.6 Å². The average Bonchev–Trinajstić information content (AvgIpc) is 3.32. The molecule has 0 bridgehead atoms. The maximum absolute atomic E-state index is 11.8. The summed E-state index contributed by atoms with van der Waals surface area (Å²) >= 11 is 12.4. The van der Waals surface area contributed by atoms with E-state index in [0.717, 1.165) is 33.4 Å². The molecule has 0 unspecified atom stereocenters. The van der Waals surface area contributed by atoms with Crippen molar-refractivity contribution in [2.24, 2.45) is 0 Å². The maximum atomic E-state index is 11.8. The Morgan fingerprint density at radius 1 is 0.976 bits per heavy atom. The third-order valence-corrected chi connectivity index (χ3v) is 7.75. The average molecular weight is 596 g/mol. The number of nitrogens with zero attached hydrogens (tertiary/aromatic N) is 2. The van der Waals surface area contributed by atoms with Crippen LogP contribution in [0.25, 0.3) is 11.1 Å². The van der Waals surface area contributed by atoms with E-state index in [-0.39, 0.29) is 30.0 Å². The Kier molecular flexibility index (Phi) is 9.59. The Labute approximate surface area is 249 Å². The van der Waals surface area contributed by atoms with Crippen molar-refractivity contribution in [3.63, 3.8) is 0 Å². The lowest BCUT2D eigenvalue weighted by molar-refractivity contribution is -0.252. The first-order chi connectivity index (χ1) is 19.9. The van der Waals surface area contributed by atoms with E-state index >= 15 is 0 Å². The maximum Gasteiger partial charge on any atom is 0.315 e. The number of rotatable bonds is 9. The molecule has 1 aromatic heterocycles. The molecule has 1 fully saturated rings. The number of carbonyl (C=O) groups is 1. The summed E-state index contributed by atoms with van der Waals surface area (Å²) in [6.07, 6.45) is 1.18. The van der Waals surface area contributed by atoms with Crippen LogP contribution in [-0.2, 0) is 29.2 Å². The van der Waals surface area contributed by atoms with Crippen molar-refractivity contribution >= 4 is 29.2 Å². The van der Waals surface area contributed by atoms with Gasteiger partial charge < -0.3 is 29.8 Å². The third-order valence-electron chi connectivity index (χ3n) is 6.98. The van der Waals surface area contributed by atoms with Crippen LogP contribution in [0.2, 0.25) is 10.3 Å². The van der Waals surface area contributed by atoms with Crippen molar-refractivity contribution in [2.45, 2.75) is 51.5 Å². The van der Waals surface area contributed by atoms with Gasteiger partial charge in [0.1, 0.15) is 5.15 Å². The second kappa shape index (κ2) is 13.5. The van der Waals surface area contributed by atoms with E-state index in [4.69, 9.17) is 32.7 Å². The highest BCUT2D eigenvalue weighted by atomic mass is 35.5. The Bertz CT molecular complexity index is 1460. The number of aromatic nitrogens is 2. The van der Waals surface area contributed by atoms with Gasteiger partial charge in [0.05, 0.1) is 31.7 Å². The van der Waals surface area contributed by atoms with Crippen LogP contribution in [-0.4, -0.2) is 33.3 Å². The van der Waals surface area contributed by atoms with Gasteiger partial charge in [-0.1, -0.05) is 89.9 Å². The van der Waals surface area contributed by atoms with Crippen LogP contribution in [0.1, 0.15) is 48.0 Å². The number of urea groups is 1. The van der Waals surface area contributed by atoms with E-state index in [1.54, 1.807) is 10.9 Å². The number of hydrogen-bond donors (Lipinski definition) is 3. The second-order valence-electron chi connectivity index (χ2n) is 9.86. The molecule has 0 saturated carbocycles. The van der Waals surface area contributed by atoms with Crippen LogP contribution in [0.15, 0.2) is 79.1 Å². The zero-order valence-electron chi connectivity index (χ0n) is 22.6. The lowest BCUT2D eigenvalue weighted by Gasteiger charge is -2.36. The normalized spacial score (nSPS) is 18.7. The molecule has 0 radical (unpaired) electrons. The SMILES string of the molecule is CCNC(=O)NCc1cccc(-c2ccc([C@H]3O[C@@H](Cn4cnc(Cl)c4Cl)C[C@@H](c4ccc(CO)cc4)O3)cc2)c1. The van der Waals surface area contributed by atoms with Gasteiger partial charge in [-0.15, -0.1) is 0 Å². The molecule has 2 heterocycles. The molecule has 1 aliphatic rings. The van der Waals surface area contributed by atoms with Gasteiger partial charge in [0.15, 0.2) is 11.4 Å². The molecule has 0 aliphatic carbocycles. The number of carbonyl (C=O) groups excluding carboxylic acids is 1. The van der Waals surface area contributed by atoms with E-state index in [1.165, 1.54) is 0 Å². The van der Waals surface area contributed by atoms with Crippen molar-refractivity contribution in [1.29, 1.82) is 0 Å². The van der Waals surface area contributed by atoms with E-state index in [9.17, 15) is 9.90 Å². The highest BCUT2D eigenvalue weighted by Crippen LogP contribution is 2.39. The van der Waals surface area contributed by atoms with E-state index in [0.29, 0.717) is 31.2 Å². The second-order valence-corrected chi connectivity index (χ2v) is 10.6. The quantitative estimate of drug-likeness (QED) is 0.208. The summed E-state index contributed by atoms with van der Waals surface area (Å²) in [6, 6.07) is 23.8. The van der Waals surface area contributed by atoms with Crippen molar-refractivity contribution in [3.8, 4) is 11.1 Å². The predicted octanol–water partition coefficient (Wildman–Crippen LogP) is 6.41. The lowest BCUT2D eigenvalue weighted by Crippen LogP contribution is -2.34. The van der Waals surface area contributed by atoms with Gasteiger partial charge >= 0.3 is 6.03 Å². The molecule has 5 rings (SSSR count). The van der Waals surface area contributed by atoms with Crippen LogP contribution >= 0.6 is 23.2 Å². The van der Waals surface area contributed by atoms with Gasteiger partial charge in [-0.2, -0.15) is 0 Å². The minimum Gasteiger partial charge on any atom is -0.392 e. The number of amides is 2. The molecule has 4 aromatic rings. The first kappa shape index (κ1) is 29.1. The summed E-state index contributed by atoms with van der Waals surface area (Å²) in [5.74, 6) is 0. The topological polar surface area (TPSA) is 97.6 Å². The lowest BCUT2D eigenvalue weighted by atomic mass is 9.99. The van der Waals surface area contributed by atoms with Gasteiger partial charge in [0.2, 0.25) is 0 Å². The molecule has 1 saturated heterocycles. The van der Waals surface area contributed by atoms with Gasteiger partial charge in [0.25, 0.3) is 0 Å². The monoisotopic (exact) mass is 594 g/mol. The molecular weight excluding hydrogens is 563 g/mol. The minimum absolute atomic E-state index is 0.0139. The molecule has 214 valence electrons. The molecule has 3 aromatic carbocycles. The smallest absolute Gasteiger partial charge is 0.315 e. The number of ether oxygens (including phenoxy) is 2. The zero-order chi connectivity index (χ0) is 28.8. The minimum atomic E-state index is -0.601. The summed E-state index contributed by atoms with van der Waals surface area (Å²) < 4.78 is 14.7. The summed E-state index contributed by atoms with van der Waals surface area (Å²) in [4.78, 5) is 15.9. The summed E-state index contributed by atoms with van der Waals surface area (Å²) in [6.45, 7) is 3.36. The molecule has 0 spiro atoms. The number of aliphatic hydroxyl groups is 1. The van der Waals surface area contributed by atoms with Crippen LogP contribution in [0.4, 0.5) is 4.79 Å². The fraction of sp³-hybridized carbons (Fsp3) is 0.290. The molecule has 41 heavy (non-hydrogen) atoms. The first-order valence-electron chi connectivity index (χ1n) is 13.5. The summed E-state index contributed by atoms with van der Waals surface area (Å²) in [7, 11) is 0. The number of imidazole rings is 1. The predicted molar refractivity (Wildman–Crippen MR) is 158 cm³/mol. The number of benzene rings is 3. The Hall–Kier alpha value is -3.40. The van der Waals surface area contributed by atoms with Gasteiger partial charge in [-0.25, -0.2) is 9.78 Å². The Morgan fingerprint density at radius 2 is 1.73 bits per heavy atom. The Balaban J connectivity index is 1.34. The molecule has 3 atom stereocenters. The van der Waals surface area contributed by atoms with Gasteiger partial charge in [-0.3, -0.25) is 0 Å². The number of nitrogens with one attached hydrogen (secondary N) is 2. The van der Waals surface area contributed by atoms with Crippen molar-refractivity contribution in [2.75, 3.05) is 6.54 Å². The molecule has 1 aliphatic heterocycles. The highest BCUT2D eigenvalue weighted by molar-refractivity contribution is 6.40. The van der Waals surface area contributed by atoms with Crippen LogP contribution in [0, 0.1) is 0 Å². The fourth-order valence-corrected chi connectivity index (χ4v) is 5.14. The standard InChI is InChI=1S/C31H32Cl2N4O4/c1-2-34-31(39)35-16-21-4-3-5-25(14-21)22-10-12-24(13-11-22)30-40-26(17-37-19-36-28(32)29(37)33)15-27(41-30)23-8-6-20(18-38)7-9-23/h3-14,19,26-27,30,38H,2,15-18H2,1H3,(H2,34,35,39)/t26-,27+,30+/m1/s1. The van der Waals surface area contributed by atoms with Crippen molar-refractivity contribution in [3.05, 3.63) is 112 Å². The van der Waals surface area contributed by atoms with Gasteiger partial charge in [0, 0.05) is 25.1 Å². The van der Waals surface area contributed by atoms with E-state index in [1.807, 2.05) is 73.7 Å². The molecule has 10 heteroatoms. The number of aliphatic hydroxyl groups excluding tert-OH is 1. The summed E-state index contributed by atoms with van der Waals surface area (Å²) in [5, 5.41) is 15.7. The zero-order valence-corrected chi connectivity index (χ0v) is 24.1. The van der Waals surface area contributed by atoms with E-state index < -0.39 is 6.29 Å². The van der Waals surface area contributed by atoms with Crippen molar-refractivity contribution < 1.29 is 19.4 Å². The number of halogens is 2.